The number of fused-ring (bicyclic) bond motifs is 1. The Morgan fingerprint density at radius 2 is 2.17 bits per heavy atom. The summed E-state index contributed by atoms with van der Waals surface area (Å²) < 4.78 is 0. The van der Waals surface area contributed by atoms with Gasteiger partial charge in [0.1, 0.15) is 5.75 Å². The van der Waals surface area contributed by atoms with Crippen molar-refractivity contribution in [3.8, 4) is 5.75 Å². The molecule has 0 saturated heterocycles. The van der Waals surface area contributed by atoms with Gasteiger partial charge in [0.25, 0.3) is 0 Å². The van der Waals surface area contributed by atoms with Crippen molar-refractivity contribution in [2.75, 3.05) is 0 Å². The van der Waals surface area contributed by atoms with Crippen molar-refractivity contribution >= 4 is 5.97 Å². The Hall–Kier alpha value is -1.55. The SMILES string of the molecule is NC1Cc2cc(O)ccc2C1CCCCC(=O)O. The van der Waals surface area contributed by atoms with Crippen molar-refractivity contribution in [2.24, 2.45) is 5.73 Å². The molecule has 0 aliphatic heterocycles. The minimum atomic E-state index is -0.740. The van der Waals surface area contributed by atoms with Crippen LogP contribution < -0.4 is 5.73 Å². The maximum Gasteiger partial charge on any atom is 0.303 e. The largest absolute Gasteiger partial charge is 0.508 e. The number of hydrogen-bond acceptors (Lipinski definition) is 3. The first kappa shape index (κ1) is 12.9. The standard InChI is InChI=1S/C14H19NO3/c15-13-8-9-7-10(16)5-6-11(9)12(13)3-1-2-4-14(17)18/h5-7,12-13,16H,1-4,8,15H2,(H,17,18). The number of phenols is 1. The molecule has 4 N–H and O–H groups in total. The molecule has 4 heteroatoms. The van der Waals surface area contributed by atoms with Gasteiger partial charge in [-0.2, -0.15) is 0 Å². The quantitative estimate of drug-likeness (QED) is 0.697. The maximum atomic E-state index is 10.4. The van der Waals surface area contributed by atoms with Gasteiger partial charge in [0.2, 0.25) is 0 Å². The average Bonchev–Trinajstić information content (AvgIpc) is 2.59. The Bertz CT molecular complexity index is 445. The van der Waals surface area contributed by atoms with Gasteiger partial charge in [0, 0.05) is 12.5 Å². The van der Waals surface area contributed by atoms with E-state index in [0.717, 1.165) is 24.8 Å². The first-order valence-corrected chi connectivity index (χ1v) is 6.37. The highest BCUT2D eigenvalue weighted by Gasteiger charge is 2.29. The number of benzene rings is 1. The molecule has 2 unspecified atom stereocenters. The first-order chi connectivity index (χ1) is 8.58. The molecule has 0 fully saturated rings. The molecule has 2 atom stereocenters. The van der Waals surface area contributed by atoms with E-state index in [-0.39, 0.29) is 18.2 Å². The molecule has 98 valence electrons. The fourth-order valence-corrected chi connectivity index (χ4v) is 2.77. The number of hydrogen-bond donors (Lipinski definition) is 3. The normalized spacial score (nSPS) is 21.8. The van der Waals surface area contributed by atoms with E-state index >= 15 is 0 Å². The van der Waals surface area contributed by atoms with Crippen LogP contribution in [0.25, 0.3) is 0 Å². The van der Waals surface area contributed by atoms with E-state index in [1.54, 1.807) is 12.1 Å². The second kappa shape index (κ2) is 5.40. The number of aromatic hydroxyl groups is 1. The smallest absolute Gasteiger partial charge is 0.303 e. The Balaban J connectivity index is 1.96. The third-order valence-corrected chi connectivity index (χ3v) is 3.65. The average molecular weight is 249 g/mol. The molecule has 0 amide bonds. The third-order valence-electron chi connectivity index (χ3n) is 3.65. The van der Waals surface area contributed by atoms with E-state index in [2.05, 4.69) is 0 Å². The number of phenolic OH excluding ortho intramolecular Hbond substituents is 1. The Morgan fingerprint density at radius 1 is 1.39 bits per heavy atom. The predicted octanol–water partition coefficient (Wildman–Crippen LogP) is 2.00. The molecule has 1 aromatic rings. The molecule has 0 aromatic heterocycles. The van der Waals surface area contributed by atoms with Crippen LogP contribution in [0.1, 0.15) is 42.7 Å². The highest BCUT2D eigenvalue weighted by molar-refractivity contribution is 5.66. The molecule has 0 bridgehead atoms. The van der Waals surface area contributed by atoms with Crippen LogP contribution in [0.5, 0.6) is 5.75 Å². The summed E-state index contributed by atoms with van der Waals surface area (Å²) in [7, 11) is 0. The van der Waals surface area contributed by atoms with Gasteiger partial charge in [0.15, 0.2) is 0 Å². The van der Waals surface area contributed by atoms with E-state index in [1.807, 2.05) is 6.07 Å². The van der Waals surface area contributed by atoms with Crippen molar-refractivity contribution < 1.29 is 15.0 Å². The second-order valence-electron chi connectivity index (χ2n) is 5.00. The van der Waals surface area contributed by atoms with Gasteiger partial charge in [-0.15, -0.1) is 0 Å². The number of aliphatic carboxylic acids is 1. The number of carboxylic acid groups (broad SMARTS) is 1. The van der Waals surface area contributed by atoms with Crippen LogP contribution in [0.3, 0.4) is 0 Å². The summed E-state index contributed by atoms with van der Waals surface area (Å²) >= 11 is 0. The lowest BCUT2D eigenvalue weighted by atomic mass is 9.92. The van der Waals surface area contributed by atoms with E-state index in [0.29, 0.717) is 12.3 Å². The molecular weight excluding hydrogens is 230 g/mol. The zero-order valence-electron chi connectivity index (χ0n) is 10.3. The van der Waals surface area contributed by atoms with Gasteiger partial charge < -0.3 is 15.9 Å². The maximum absolute atomic E-state index is 10.4. The van der Waals surface area contributed by atoms with Crippen molar-refractivity contribution in [3.63, 3.8) is 0 Å². The summed E-state index contributed by atoms with van der Waals surface area (Å²) in [6.07, 6.45) is 3.53. The zero-order valence-corrected chi connectivity index (χ0v) is 10.3. The number of carbonyl (C=O) groups is 1. The third kappa shape index (κ3) is 2.82. The molecule has 1 aliphatic rings. The lowest BCUT2D eigenvalue weighted by molar-refractivity contribution is -0.137. The van der Waals surface area contributed by atoms with Gasteiger partial charge >= 0.3 is 5.97 Å². The summed E-state index contributed by atoms with van der Waals surface area (Å²) in [6.45, 7) is 0. The Morgan fingerprint density at radius 3 is 2.89 bits per heavy atom. The summed E-state index contributed by atoms with van der Waals surface area (Å²) in [5, 5.41) is 18.0. The van der Waals surface area contributed by atoms with Crippen LogP contribution in [-0.2, 0) is 11.2 Å². The lowest BCUT2D eigenvalue weighted by Crippen LogP contribution is -2.24. The van der Waals surface area contributed by atoms with Gasteiger partial charge in [-0.3, -0.25) is 4.79 Å². The predicted molar refractivity (Wildman–Crippen MR) is 68.6 cm³/mol. The molecule has 0 radical (unpaired) electrons. The van der Waals surface area contributed by atoms with Crippen LogP contribution in [0.15, 0.2) is 18.2 Å². The summed E-state index contributed by atoms with van der Waals surface area (Å²) in [4.78, 5) is 10.4. The van der Waals surface area contributed by atoms with E-state index in [9.17, 15) is 9.90 Å². The molecule has 1 aromatic carbocycles. The lowest BCUT2D eigenvalue weighted by Gasteiger charge is -2.16. The fourth-order valence-electron chi connectivity index (χ4n) is 2.77. The Kier molecular flexibility index (Phi) is 3.87. The summed E-state index contributed by atoms with van der Waals surface area (Å²) in [6, 6.07) is 5.51. The van der Waals surface area contributed by atoms with Crippen molar-refractivity contribution in [1.29, 1.82) is 0 Å². The Labute approximate surface area is 106 Å². The summed E-state index contributed by atoms with van der Waals surface area (Å²) in [5.41, 5.74) is 8.47. The minimum Gasteiger partial charge on any atom is -0.508 e. The highest BCUT2D eigenvalue weighted by Crippen LogP contribution is 2.37. The molecular formula is C14H19NO3. The molecule has 0 spiro atoms. The second-order valence-corrected chi connectivity index (χ2v) is 5.00. The van der Waals surface area contributed by atoms with E-state index in [1.165, 1.54) is 5.56 Å². The van der Waals surface area contributed by atoms with E-state index in [4.69, 9.17) is 10.8 Å². The number of nitrogens with two attached hydrogens (primary N) is 1. The van der Waals surface area contributed by atoms with Gasteiger partial charge in [0.05, 0.1) is 0 Å². The minimum absolute atomic E-state index is 0.0895. The van der Waals surface area contributed by atoms with Crippen LogP contribution in [-0.4, -0.2) is 22.2 Å². The zero-order chi connectivity index (χ0) is 13.1. The van der Waals surface area contributed by atoms with Crippen LogP contribution in [0.2, 0.25) is 0 Å². The number of unbranched alkanes of at least 4 members (excludes halogenated alkanes) is 1. The monoisotopic (exact) mass is 249 g/mol. The molecule has 0 heterocycles. The fraction of sp³-hybridized carbons (Fsp3) is 0.500. The molecule has 18 heavy (non-hydrogen) atoms. The molecule has 2 rings (SSSR count). The van der Waals surface area contributed by atoms with E-state index < -0.39 is 5.97 Å². The van der Waals surface area contributed by atoms with Gasteiger partial charge in [-0.1, -0.05) is 12.5 Å². The van der Waals surface area contributed by atoms with Crippen LogP contribution in [0.4, 0.5) is 0 Å². The van der Waals surface area contributed by atoms with Crippen molar-refractivity contribution in [3.05, 3.63) is 29.3 Å². The molecule has 1 aliphatic carbocycles. The number of carboxylic acids is 1. The van der Waals surface area contributed by atoms with Crippen molar-refractivity contribution in [2.45, 2.75) is 44.1 Å². The van der Waals surface area contributed by atoms with Crippen LogP contribution in [0, 0.1) is 0 Å². The van der Waals surface area contributed by atoms with Gasteiger partial charge in [-0.05, 0) is 48.4 Å². The molecule has 4 nitrogen and oxygen atoms in total. The highest BCUT2D eigenvalue weighted by atomic mass is 16.4. The molecule has 0 saturated carbocycles. The van der Waals surface area contributed by atoms with Crippen LogP contribution >= 0.6 is 0 Å². The summed E-state index contributed by atoms with van der Waals surface area (Å²) in [5.74, 6) is -0.155. The van der Waals surface area contributed by atoms with Gasteiger partial charge in [-0.25, -0.2) is 0 Å². The topological polar surface area (TPSA) is 83.5 Å². The first-order valence-electron chi connectivity index (χ1n) is 6.37. The number of rotatable bonds is 5. The van der Waals surface area contributed by atoms with Crippen molar-refractivity contribution in [1.82, 2.24) is 0 Å².